The van der Waals surface area contributed by atoms with Gasteiger partial charge >= 0.3 is 6.03 Å². The summed E-state index contributed by atoms with van der Waals surface area (Å²) in [6, 6.07) is 3.03. The van der Waals surface area contributed by atoms with E-state index in [0.29, 0.717) is 15.7 Å². The first-order chi connectivity index (χ1) is 9.60. The summed E-state index contributed by atoms with van der Waals surface area (Å²) in [7, 11) is 2.08. The van der Waals surface area contributed by atoms with Crippen LogP contribution in [0.25, 0.3) is 0 Å². The number of halogens is 1. The van der Waals surface area contributed by atoms with Crippen LogP contribution in [0.5, 0.6) is 0 Å². The van der Waals surface area contributed by atoms with Crippen LogP contribution < -0.4 is 10.6 Å². The van der Waals surface area contributed by atoms with Crippen LogP contribution in [0.15, 0.2) is 21.2 Å². The Morgan fingerprint density at radius 2 is 2.35 bits per heavy atom. The van der Waals surface area contributed by atoms with Crippen molar-refractivity contribution < 1.29 is 9.21 Å². The fourth-order valence-corrected chi connectivity index (χ4v) is 3.39. The Hall–Kier alpha value is -1.38. The number of nitrogens with zero attached hydrogens (tertiary/aromatic N) is 2. The normalized spacial score (nSPS) is 14.9. The zero-order chi connectivity index (χ0) is 14.1. The Morgan fingerprint density at radius 1 is 1.50 bits per heavy atom. The zero-order valence-electron chi connectivity index (χ0n) is 10.8. The van der Waals surface area contributed by atoms with Crippen LogP contribution in [0, 0.1) is 0 Å². The number of nitrogens with one attached hydrogen (secondary N) is 2. The van der Waals surface area contributed by atoms with Crippen molar-refractivity contribution in [1.82, 2.24) is 9.88 Å². The summed E-state index contributed by atoms with van der Waals surface area (Å²) in [5.41, 5.74) is 1.09. The molecule has 1 aliphatic rings. The number of hydrogen-bond acceptors (Lipinski definition) is 5. The molecule has 1 aliphatic heterocycles. The predicted molar refractivity (Wildman–Crippen MR) is 81.2 cm³/mol. The van der Waals surface area contributed by atoms with Gasteiger partial charge < -0.3 is 9.32 Å². The summed E-state index contributed by atoms with van der Waals surface area (Å²) in [5.74, 6) is 0.385. The maximum atomic E-state index is 11.8. The number of fused-ring (bicyclic) bond motifs is 1. The molecule has 2 N–H and O–H groups in total. The Morgan fingerprint density at radius 3 is 3.10 bits per heavy atom. The average Bonchev–Trinajstić information content (AvgIpc) is 2.94. The minimum absolute atomic E-state index is 0.355. The second kappa shape index (κ2) is 5.55. The van der Waals surface area contributed by atoms with Crippen LogP contribution in [-0.4, -0.2) is 29.5 Å². The van der Waals surface area contributed by atoms with Crippen molar-refractivity contribution in [3.8, 4) is 0 Å². The molecule has 2 aromatic rings. The molecule has 0 aliphatic carbocycles. The summed E-state index contributed by atoms with van der Waals surface area (Å²) < 4.78 is 5.78. The van der Waals surface area contributed by atoms with Gasteiger partial charge in [0.2, 0.25) is 5.88 Å². The summed E-state index contributed by atoms with van der Waals surface area (Å²) in [6.07, 6.45) is 0.927. The number of likely N-dealkylation sites (N-methyl/N-ethyl adjacent to an activating group) is 1. The molecule has 0 aromatic carbocycles. The number of rotatable bonds is 2. The number of anilines is 2. The van der Waals surface area contributed by atoms with Crippen molar-refractivity contribution in [1.29, 1.82) is 0 Å². The minimum Gasteiger partial charge on any atom is -0.434 e. The number of aromatic nitrogens is 1. The van der Waals surface area contributed by atoms with E-state index >= 15 is 0 Å². The number of furan rings is 1. The smallest absolute Gasteiger partial charge is 0.327 e. The van der Waals surface area contributed by atoms with Crippen molar-refractivity contribution in [2.45, 2.75) is 13.0 Å². The minimum atomic E-state index is -0.355. The van der Waals surface area contributed by atoms with E-state index in [9.17, 15) is 4.79 Å². The van der Waals surface area contributed by atoms with E-state index < -0.39 is 0 Å². The third kappa shape index (κ3) is 3.02. The highest BCUT2D eigenvalue weighted by molar-refractivity contribution is 9.10. The Labute approximate surface area is 128 Å². The summed E-state index contributed by atoms with van der Waals surface area (Å²) in [6.45, 7) is 1.89. The molecule has 0 bridgehead atoms. The van der Waals surface area contributed by atoms with Gasteiger partial charge in [-0.3, -0.25) is 10.6 Å². The van der Waals surface area contributed by atoms with Gasteiger partial charge in [-0.2, -0.15) is 0 Å². The molecule has 0 radical (unpaired) electrons. The Bertz CT molecular complexity index is 639. The monoisotopic (exact) mass is 356 g/mol. The van der Waals surface area contributed by atoms with Crippen molar-refractivity contribution in [3.63, 3.8) is 0 Å². The number of carbonyl (C=O) groups excluding carboxylic acids is 1. The molecule has 0 fully saturated rings. The molecule has 106 valence electrons. The number of urea groups is 1. The van der Waals surface area contributed by atoms with E-state index in [1.807, 2.05) is 0 Å². The number of thiazole rings is 1. The maximum Gasteiger partial charge on any atom is 0.327 e. The van der Waals surface area contributed by atoms with E-state index in [-0.39, 0.29) is 6.03 Å². The number of carbonyl (C=O) groups is 1. The molecule has 0 saturated carbocycles. The SMILES string of the molecule is CN1CCc2nc(NC(=O)Nc3ccc(Br)o3)sc2C1. The molecular formula is C12H13BrN4O2S. The summed E-state index contributed by atoms with van der Waals surface area (Å²) in [4.78, 5) is 19.7. The molecule has 2 amide bonds. The van der Waals surface area contributed by atoms with Gasteiger partial charge in [-0.15, -0.1) is 11.3 Å². The lowest BCUT2D eigenvalue weighted by atomic mass is 10.2. The van der Waals surface area contributed by atoms with Crippen LogP contribution in [0.3, 0.4) is 0 Å². The quantitative estimate of drug-likeness (QED) is 0.866. The van der Waals surface area contributed by atoms with Crippen LogP contribution in [0.1, 0.15) is 10.6 Å². The highest BCUT2D eigenvalue weighted by atomic mass is 79.9. The van der Waals surface area contributed by atoms with E-state index in [1.54, 1.807) is 12.1 Å². The fourth-order valence-electron chi connectivity index (χ4n) is 2.00. The van der Waals surface area contributed by atoms with Gasteiger partial charge in [-0.25, -0.2) is 9.78 Å². The lowest BCUT2D eigenvalue weighted by molar-refractivity contribution is 0.261. The van der Waals surface area contributed by atoms with Crippen LogP contribution in [0.2, 0.25) is 0 Å². The van der Waals surface area contributed by atoms with Gasteiger partial charge in [0, 0.05) is 30.5 Å². The third-order valence-corrected chi connectivity index (χ3v) is 4.38. The lowest BCUT2D eigenvalue weighted by Crippen LogP contribution is -2.25. The van der Waals surface area contributed by atoms with Gasteiger partial charge in [0.1, 0.15) is 0 Å². The summed E-state index contributed by atoms with van der Waals surface area (Å²) in [5, 5.41) is 5.96. The highest BCUT2D eigenvalue weighted by Gasteiger charge is 2.19. The molecule has 6 nitrogen and oxygen atoms in total. The van der Waals surface area contributed by atoms with Crippen molar-refractivity contribution in [2.24, 2.45) is 0 Å². The van der Waals surface area contributed by atoms with Gasteiger partial charge in [0.15, 0.2) is 9.80 Å². The van der Waals surface area contributed by atoms with Crippen LogP contribution in [0.4, 0.5) is 15.8 Å². The summed E-state index contributed by atoms with van der Waals surface area (Å²) >= 11 is 4.70. The standard InChI is InChI=1S/C12H13BrN4O2S/c1-17-5-4-7-8(6-17)20-12(14-7)16-11(18)15-10-3-2-9(13)19-10/h2-3H,4-6H2,1H3,(H2,14,15,16,18). The lowest BCUT2D eigenvalue weighted by Gasteiger charge is -2.20. The molecule has 0 atom stereocenters. The van der Waals surface area contributed by atoms with Gasteiger partial charge in [0.25, 0.3) is 0 Å². The van der Waals surface area contributed by atoms with E-state index in [0.717, 1.165) is 25.2 Å². The van der Waals surface area contributed by atoms with E-state index in [1.165, 1.54) is 16.2 Å². The largest absolute Gasteiger partial charge is 0.434 e. The molecule has 0 saturated heterocycles. The van der Waals surface area contributed by atoms with Crippen molar-refractivity contribution in [2.75, 3.05) is 24.2 Å². The van der Waals surface area contributed by atoms with Crippen molar-refractivity contribution >= 4 is 44.3 Å². The fraction of sp³-hybridized carbons (Fsp3) is 0.333. The zero-order valence-corrected chi connectivity index (χ0v) is 13.2. The molecule has 3 rings (SSSR count). The first-order valence-corrected chi connectivity index (χ1v) is 7.71. The van der Waals surface area contributed by atoms with Crippen LogP contribution >= 0.6 is 27.3 Å². The molecule has 0 unspecified atom stereocenters. The molecular weight excluding hydrogens is 344 g/mol. The molecule has 2 aromatic heterocycles. The first kappa shape index (κ1) is 13.6. The first-order valence-electron chi connectivity index (χ1n) is 6.10. The number of amides is 2. The molecule has 20 heavy (non-hydrogen) atoms. The highest BCUT2D eigenvalue weighted by Crippen LogP contribution is 2.27. The topological polar surface area (TPSA) is 70.4 Å². The Balaban J connectivity index is 1.64. The third-order valence-electron chi connectivity index (χ3n) is 2.95. The van der Waals surface area contributed by atoms with Crippen molar-refractivity contribution in [3.05, 3.63) is 27.4 Å². The molecule has 8 heteroatoms. The van der Waals surface area contributed by atoms with Gasteiger partial charge in [-0.1, -0.05) is 0 Å². The van der Waals surface area contributed by atoms with Gasteiger partial charge in [-0.05, 0) is 29.0 Å². The predicted octanol–water partition coefficient (Wildman–Crippen LogP) is 3.13. The molecule has 0 spiro atoms. The second-order valence-electron chi connectivity index (χ2n) is 4.56. The van der Waals surface area contributed by atoms with Gasteiger partial charge in [0.05, 0.1) is 5.69 Å². The Kier molecular flexibility index (Phi) is 3.77. The average molecular weight is 357 g/mol. The van der Waals surface area contributed by atoms with E-state index in [4.69, 9.17) is 4.42 Å². The maximum absolute atomic E-state index is 11.8. The second-order valence-corrected chi connectivity index (χ2v) is 6.42. The number of hydrogen-bond donors (Lipinski definition) is 2. The van der Waals surface area contributed by atoms with E-state index in [2.05, 4.69) is 43.5 Å². The molecule has 3 heterocycles. The van der Waals surface area contributed by atoms with Crippen LogP contribution in [-0.2, 0) is 13.0 Å².